The van der Waals surface area contributed by atoms with Gasteiger partial charge in [0.2, 0.25) is 0 Å². The van der Waals surface area contributed by atoms with E-state index in [-0.39, 0.29) is 12.4 Å². The van der Waals surface area contributed by atoms with Crippen LogP contribution in [0.5, 0.6) is 0 Å². The van der Waals surface area contributed by atoms with Crippen molar-refractivity contribution in [2.24, 2.45) is 11.8 Å². The summed E-state index contributed by atoms with van der Waals surface area (Å²) in [5.41, 5.74) is 2.95. The minimum absolute atomic E-state index is 0. The molecule has 90 valence electrons. The van der Waals surface area contributed by atoms with Gasteiger partial charge in [0.1, 0.15) is 0 Å². The van der Waals surface area contributed by atoms with Gasteiger partial charge in [-0.1, -0.05) is 18.2 Å². The first-order chi connectivity index (χ1) is 7.92. The van der Waals surface area contributed by atoms with Crippen molar-refractivity contribution in [1.29, 1.82) is 0 Å². The molecule has 2 aliphatic rings. The van der Waals surface area contributed by atoms with Crippen LogP contribution in [0.2, 0.25) is 0 Å². The van der Waals surface area contributed by atoms with Crippen molar-refractivity contribution in [2.75, 3.05) is 13.1 Å². The smallest absolute Gasteiger partial charge is 0.0482 e. The monoisotopic (exact) mass is 248 g/mol. The van der Waals surface area contributed by atoms with Gasteiger partial charge in [-0.05, 0) is 48.9 Å². The van der Waals surface area contributed by atoms with Crippen LogP contribution in [-0.2, 0) is 13.0 Å². The summed E-state index contributed by atoms with van der Waals surface area (Å²) in [6, 6.07) is 11.1. The van der Waals surface area contributed by atoms with Gasteiger partial charge < -0.3 is 9.88 Å². The van der Waals surface area contributed by atoms with Crippen molar-refractivity contribution in [3.8, 4) is 0 Å². The minimum Gasteiger partial charge on any atom is -0.344 e. The SMILES string of the molecule is Cl.c1ccc2c(c1)cc1n2C[C@@H]2CNC[C@H]2C1. The van der Waals surface area contributed by atoms with E-state index < -0.39 is 0 Å². The largest absolute Gasteiger partial charge is 0.344 e. The molecule has 1 aromatic heterocycles. The zero-order valence-corrected chi connectivity index (χ0v) is 10.5. The van der Waals surface area contributed by atoms with Crippen molar-refractivity contribution >= 4 is 23.3 Å². The number of aromatic nitrogens is 1. The Kier molecular flexibility index (Phi) is 2.64. The molecule has 0 unspecified atom stereocenters. The summed E-state index contributed by atoms with van der Waals surface area (Å²) in [5.74, 6) is 1.72. The zero-order valence-electron chi connectivity index (χ0n) is 9.73. The second kappa shape index (κ2) is 4.04. The number of hydrogen-bond donors (Lipinski definition) is 1. The molecule has 3 heterocycles. The highest BCUT2D eigenvalue weighted by molar-refractivity contribution is 5.85. The lowest BCUT2D eigenvalue weighted by Crippen LogP contribution is -2.27. The number of fused-ring (bicyclic) bond motifs is 4. The van der Waals surface area contributed by atoms with E-state index in [1.807, 2.05) is 0 Å². The van der Waals surface area contributed by atoms with Gasteiger partial charge in [0, 0.05) is 17.8 Å². The summed E-state index contributed by atoms with van der Waals surface area (Å²) in [6.07, 6.45) is 1.26. The fraction of sp³-hybridized carbons (Fsp3) is 0.429. The molecule has 2 aliphatic heterocycles. The first-order valence-corrected chi connectivity index (χ1v) is 6.20. The van der Waals surface area contributed by atoms with Gasteiger partial charge >= 0.3 is 0 Å². The Morgan fingerprint density at radius 3 is 2.88 bits per heavy atom. The lowest BCUT2D eigenvalue weighted by atomic mass is 9.88. The first kappa shape index (κ1) is 11.1. The number of nitrogens with one attached hydrogen (secondary N) is 1. The molecule has 17 heavy (non-hydrogen) atoms. The van der Waals surface area contributed by atoms with Gasteiger partial charge in [-0.3, -0.25) is 0 Å². The Bertz CT molecular complexity index is 546. The predicted octanol–water partition coefficient (Wildman–Crippen LogP) is 2.45. The quantitative estimate of drug-likeness (QED) is 0.758. The molecular formula is C14H17ClN2. The summed E-state index contributed by atoms with van der Waals surface area (Å²) in [4.78, 5) is 0. The number of hydrogen-bond acceptors (Lipinski definition) is 1. The van der Waals surface area contributed by atoms with E-state index in [1.165, 1.54) is 42.7 Å². The van der Waals surface area contributed by atoms with E-state index in [4.69, 9.17) is 0 Å². The highest BCUT2D eigenvalue weighted by Crippen LogP contribution is 2.32. The summed E-state index contributed by atoms with van der Waals surface area (Å²) >= 11 is 0. The molecule has 0 spiro atoms. The summed E-state index contributed by atoms with van der Waals surface area (Å²) in [7, 11) is 0. The molecule has 1 saturated heterocycles. The van der Waals surface area contributed by atoms with Crippen LogP contribution in [0.4, 0.5) is 0 Å². The number of para-hydroxylation sites is 1. The average Bonchev–Trinajstić information content (AvgIpc) is 2.88. The lowest BCUT2D eigenvalue weighted by molar-refractivity contribution is 0.324. The van der Waals surface area contributed by atoms with Gasteiger partial charge in [-0.25, -0.2) is 0 Å². The fourth-order valence-corrected chi connectivity index (χ4v) is 3.40. The maximum atomic E-state index is 3.52. The average molecular weight is 249 g/mol. The molecule has 1 aromatic carbocycles. The number of rotatable bonds is 0. The molecule has 2 atom stereocenters. The van der Waals surface area contributed by atoms with Crippen LogP contribution in [0.25, 0.3) is 10.9 Å². The van der Waals surface area contributed by atoms with Crippen LogP contribution < -0.4 is 5.32 Å². The van der Waals surface area contributed by atoms with E-state index in [9.17, 15) is 0 Å². The van der Waals surface area contributed by atoms with Crippen LogP contribution in [0.3, 0.4) is 0 Å². The molecule has 2 aromatic rings. The summed E-state index contributed by atoms with van der Waals surface area (Å²) in [5, 5.41) is 4.93. The van der Waals surface area contributed by atoms with Crippen LogP contribution >= 0.6 is 12.4 Å². The molecule has 0 aliphatic carbocycles. The second-order valence-corrected chi connectivity index (χ2v) is 5.19. The third-order valence-electron chi connectivity index (χ3n) is 4.26. The van der Waals surface area contributed by atoms with E-state index in [0.29, 0.717) is 0 Å². The molecule has 4 rings (SSSR count). The van der Waals surface area contributed by atoms with Crippen molar-refractivity contribution in [3.63, 3.8) is 0 Å². The number of benzene rings is 1. The Balaban J connectivity index is 0.000000902. The molecule has 2 nitrogen and oxygen atoms in total. The Morgan fingerprint density at radius 1 is 1.12 bits per heavy atom. The second-order valence-electron chi connectivity index (χ2n) is 5.19. The molecule has 3 heteroatoms. The van der Waals surface area contributed by atoms with E-state index in [2.05, 4.69) is 40.2 Å². The van der Waals surface area contributed by atoms with Gasteiger partial charge in [-0.15, -0.1) is 12.4 Å². The van der Waals surface area contributed by atoms with Crippen LogP contribution in [-0.4, -0.2) is 17.7 Å². The fourth-order valence-electron chi connectivity index (χ4n) is 3.40. The molecular weight excluding hydrogens is 232 g/mol. The Morgan fingerprint density at radius 2 is 1.94 bits per heavy atom. The lowest BCUT2D eigenvalue weighted by Gasteiger charge is -2.27. The molecule has 0 radical (unpaired) electrons. The molecule has 1 fully saturated rings. The predicted molar refractivity (Wildman–Crippen MR) is 72.7 cm³/mol. The maximum Gasteiger partial charge on any atom is 0.0482 e. The van der Waals surface area contributed by atoms with E-state index in [0.717, 1.165) is 11.8 Å². The standard InChI is InChI=1S/C14H16N2.ClH/c1-2-4-14-10(3-1)5-13-6-11-7-15-8-12(11)9-16(13)14;/h1-5,11-12,15H,6-9H2;1H/t11-,12+;/m1./s1. The number of halogens is 1. The maximum absolute atomic E-state index is 3.52. The zero-order chi connectivity index (χ0) is 10.5. The normalized spacial score (nSPS) is 26.4. The van der Waals surface area contributed by atoms with Crippen molar-refractivity contribution in [3.05, 3.63) is 36.0 Å². The Hall–Kier alpha value is -0.990. The highest BCUT2D eigenvalue weighted by Gasteiger charge is 2.32. The van der Waals surface area contributed by atoms with Gasteiger partial charge in [0.05, 0.1) is 0 Å². The number of nitrogens with zero attached hydrogens (tertiary/aromatic N) is 1. The highest BCUT2D eigenvalue weighted by atomic mass is 35.5. The minimum atomic E-state index is 0. The van der Waals surface area contributed by atoms with Gasteiger partial charge in [0.15, 0.2) is 0 Å². The van der Waals surface area contributed by atoms with Crippen LogP contribution in [0, 0.1) is 11.8 Å². The summed E-state index contributed by atoms with van der Waals surface area (Å²) < 4.78 is 2.53. The van der Waals surface area contributed by atoms with Gasteiger partial charge in [-0.2, -0.15) is 0 Å². The first-order valence-electron chi connectivity index (χ1n) is 6.20. The topological polar surface area (TPSA) is 17.0 Å². The third-order valence-corrected chi connectivity index (χ3v) is 4.26. The summed E-state index contributed by atoms with van der Waals surface area (Å²) in [6.45, 7) is 3.63. The van der Waals surface area contributed by atoms with Gasteiger partial charge in [0.25, 0.3) is 0 Å². The van der Waals surface area contributed by atoms with Crippen LogP contribution in [0.1, 0.15) is 5.69 Å². The molecule has 0 saturated carbocycles. The van der Waals surface area contributed by atoms with Crippen molar-refractivity contribution in [2.45, 2.75) is 13.0 Å². The third kappa shape index (κ3) is 1.59. The molecule has 0 bridgehead atoms. The van der Waals surface area contributed by atoms with Crippen molar-refractivity contribution in [1.82, 2.24) is 9.88 Å². The van der Waals surface area contributed by atoms with E-state index >= 15 is 0 Å². The van der Waals surface area contributed by atoms with Crippen LogP contribution in [0.15, 0.2) is 30.3 Å². The van der Waals surface area contributed by atoms with Crippen molar-refractivity contribution < 1.29 is 0 Å². The molecule has 0 amide bonds. The molecule has 1 N–H and O–H groups in total. The Labute approximate surface area is 107 Å². The van der Waals surface area contributed by atoms with E-state index in [1.54, 1.807) is 0 Å².